The standard InChI is InChI=1S/C12H20N4/c1-3-10-5-4-6-16(8-10)12-7-11(13-2)14-9-15-12/h7,9-10H,3-6,8H2,1-2H3,(H,13,14,15). The first-order valence-electron chi connectivity index (χ1n) is 6.08. The fourth-order valence-electron chi connectivity index (χ4n) is 2.26. The summed E-state index contributed by atoms with van der Waals surface area (Å²) in [6.07, 6.45) is 5.53. The molecule has 1 aliphatic rings. The summed E-state index contributed by atoms with van der Waals surface area (Å²) < 4.78 is 0. The Labute approximate surface area is 97.1 Å². The molecule has 0 saturated carbocycles. The van der Waals surface area contributed by atoms with Gasteiger partial charge in [0, 0.05) is 26.2 Å². The predicted molar refractivity (Wildman–Crippen MR) is 66.8 cm³/mol. The van der Waals surface area contributed by atoms with E-state index in [1.807, 2.05) is 13.1 Å². The van der Waals surface area contributed by atoms with E-state index in [1.165, 1.54) is 19.3 Å². The molecule has 88 valence electrons. The van der Waals surface area contributed by atoms with Crippen LogP contribution in [0.1, 0.15) is 26.2 Å². The second kappa shape index (κ2) is 5.14. The van der Waals surface area contributed by atoms with Crippen molar-refractivity contribution in [2.24, 2.45) is 5.92 Å². The highest BCUT2D eigenvalue weighted by molar-refractivity contribution is 5.48. The molecule has 0 spiro atoms. The van der Waals surface area contributed by atoms with Crippen molar-refractivity contribution in [3.8, 4) is 0 Å². The Kier molecular flexibility index (Phi) is 3.59. The average Bonchev–Trinajstić information content (AvgIpc) is 2.39. The Hall–Kier alpha value is -1.32. The lowest BCUT2D eigenvalue weighted by molar-refractivity contribution is 0.403. The van der Waals surface area contributed by atoms with Crippen LogP contribution in [0.4, 0.5) is 11.6 Å². The first-order valence-corrected chi connectivity index (χ1v) is 6.08. The van der Waals surface area contributed by atoms with Crippen LogP contribution in [0.15, 0.2) is 12.4 Å². The largest absolute Gasteiger partial charge is 0.373 e. The smallest absolute Gasteiger partial charge is 0.134 e. The van der Waals surface area contributed by atoms with Gasteiger partial charge in [-0.05, 0) is 18.8 Å². The number of nitrogens with one attached hydrogen (secondary N) is 1. The summed E-state index contributed by atoms with van der Waals surface area (Å²) in [6.45, 7) is 4.53. The third kappa shape index (κ3) is 2.43. The zero-order valence-corrected chi connectivity index (χ0v) is 10.1. The summed E-state index contributed by atoms with van der Waals surface area (Å²) in [5.41, 5.74) is 0. The van der Waals surface area contributed by atoms with Gasteiger partial charge in [-0.1, -0.05) is 13.3 Å². The Bertz CT molecular complexity index is 340. The van der Waals surface area contributed by atoms with Crippen molar-refractivity contribution in [3.63, 3.8) is 0 Å². The normalized spacial score (nSPS) is 20.9. The first kappa shape index (κ1) is 11.2. The number of aromatic nitrogens is 2. The van der Waals surface area contributed by atoms with E-state index >= 15 is 0 Å². The monoisotopic (exact) mass is 220 g/mol. The van der Waals surface area contributed by atoms with Crippen LogP contribution in [0.5, 0.6) is 0 Å². The Morgan fingerprint density at radius 1 is 1.50 bits per heavy atom. The fourth-order valence-corrected chi connectivity index (χ4v) is 2.26. The highest BCUT2D eigenvalue weighted by Gasteiger charge is 2.19. The molecule has 2 rings (SSSR count). The quantitative estimate of drug-likeness (QED) is 0.847. The van der Waals surface area contributed by atoms with Crippen LogP contribution in [0, 0.1) is 5.92 Å². The lowest BCUT2D eigenvalue weighted by Crippen LogP contribution is -2.35. The van der Waals surface area contributed by atoms with Gasteiger partial charge in [0.15, 0.2) is 0 Å². The lowest BCUT2D eigenvalue weighted by Gasteiger charge is -2.33. The summed E-state index contributed by atoms with van der Waals surface area (Å²) >= 11 is 0. The predicted octanol–water partition coefficient (Wildman–Crippen LogP) is 2.14. The number of nitrogens with zero attached hydrogens (tertiary/aromatic N) is 3. The van der Waals surface area contributed by atoms with Gasteiger partial charge >= 0.3 is 0 Å². The molecule has 1 fully saturated rings. The van der Waals surface area contributed by atoms with E-state index in [0.29, 0.717) is 0 Å². The lowest BCUT2D eigenvalue weighted by atomic mass is 9.96. The molecule has 1 aliphatic heterocycles. The van der Waals surface area contributed by atoms with Crippen molar-refractivity contribution >= 4 is 11.6 Å². The zero-order chi connectivity index (χ0) is 11.4. The summed E-state index contributed by atoms with van der Waals surface area (Å²) in [7, 11) is 1.89. The summed E-state index contributed by atoms with van der Waals surface area (Å²) in [4.78, 5) is 10.9. The Morgan fingerprint density at radius 2 is 2.38 bits per heavy atom. The van der Waals surface area contributed by atoms with E-state index in [1.54, 1.807) is 6.33 Å². The molecule has 1 unspecified atom stereocenters. The molecule has 16 heavy (non-hydrogen) atoms. The molecular formula is C12H20N4. The maximum atomic E-state index is 4.35. The van der Waals surface area contributed by atoms with Crippen molar-refractivity contribution < 1.29 is 0 Å². The van der Waals surface area contributed by atoms with Crippen molar-refractivity contribution in [1.29, 1.82) is 0 Å². The topological polar surface area (TPSA) is 41.0 Å². The molecule has 4 nitrogen and oxygen atoms in total. The summed E-state index contributed by atoms with van der Waals surface area (Å²) in [6, 6.07) is 2.03. The third-order valence-corrected chi connectivity index (χ3v) is 3.33. The number of hydrogen-bond donors (Lipinski definition) is 1. The van der Waals surface area contributed by atoms with Gasteiger partial charge in [-0.15, -0.1) is 0 Å². The van der Waals surface area contributed by atoms with E-state index in [2.05, 4.69) is 27.1 Å². The van der Waals surface area contributed by atoms with Crippen molar-refractivity contribution in [3.05, 3.63) is 12.4 Å². The zero-order valence-electron chi connectivity index (χ0n) is 10.1. The number of rotatable bonds is 3. The highest BCUT2D eigenvalue weighted by atomic mass is 15.2. The fraction of sp³-hybridized carbons (Fsp3) is 0.667. The molecule has 0 bridgehead atoms. The number of anilines is 2. The van der Waals surface area contributed by atoms with Crippen molar-refractivity contribution in [2.75, 3.05) is 30.4 Å². The van der Waals surface area contributed by atoms with Gasteiger partial charge < -0.3 is 10.2 Å². The van der Waals surface area contributed by atoms with Gasteiger partial charge in [-0.3, -0.25) is 0 Å². The maximum Gasteiger partial charge on any atom is 0.134 e. The molecule has 0 aliphatic carbocycles. The Balaban J connectivity index is 2.10. The number of hydrogen-bond acceptors (Lipinski definition) is 4. The maximum absolute atomic E-state index is 4.35. The summed E-state index contributed by atoms with van der Waals surface area (Å²) in [5.74, 6) is 2.77. The molecule has 0 aromatic carbocycles. The minimum absolute atomic E-state index is 0.821. The van der Waals surface area contributed by atoms with E-state index < -0.39 is 0 Å². The van der Waals surface area contributed by atoms with Gasteiger partial charge in [-0.25, -0.2) is 9.97 Å². The molecular weight excluding hydrogens is 200 g/mol. The molecule has 1 atom stereocenters. The van der Waals surface area contributed by atoms with Gasteiger partial charge in [-0.2, -0.15) is 0 Å². The average molecular weight is 220 g/mol. The molecule has 4 heteroatoms. The molecule has 2 heterocycles. The van der Waals surface area contributed by atoms with Crippen LogP contribution in [-0.4, -0.2) is 30.1 Å². The molecule has 1 N–H and O–H groups in total. The third-order valence-electron chi connectivity index (χ3n) is 3.33. The minimum atomic E-state index is 0.821. The van der Waals surface area contributed by atoms with Crippen LogP contribution < -0.4 is 10.2 Å². The van der Waals surface area contributed by atoms with Gasteiger partial charge in [0.2, 0.25) is 0 Å². The molecule has 0 radical (unpaired) electrons. The molecule has 1 saturated heterocycles. The van der Waals surface area contributed by atoms with E-state index in [-0.39, 0.29) is 0 Å². The Morgan fingerprint density at radius 3 is 3.12 bits per heavy atom. The van der Waals surface area contributed by atoms with E-state index in [4.69, 9.17) is 0 Å². The van der Waals surface area contributed by atoms with Gasteiger partial charge in [0.1, 0.15) is 18.0 Å². The van der Waals surface area contributed by atoms with Crippen molar-refractivity contribution in [1.82, 2.24) is 9.97 Å². The van der Waals surface area contributed by atoms with Crippen LogP contribution in [0.25, 0.3) is 0 Å². The minimum Gasteiger partial charge on any atom is -0.373 e. The van der Waals surface area contributed by atoms with Crippen LogP contribution >= 0.6 is 0 Å². The second-order valence-electron chi connectivity index (χ2n) is 4.37. The van der Waals surface area contributed by atoms with E-state index in [0.717, 1.165) is 30.6 Å². The van der Waals surface area contributed by atoms with E-state index in [9.17, 15) is 0 Å². The van der Waals surface area contributed by atoms with Crippen molar-refractivity contribution in [2.45, 2.75) is 26.2 Å². The van der Waals surface area contributed by atoms with Gasteiger partial charge in [0.25, 0.3) is 0 Å². The number of piperidine rings is 1. The molecule has 1 aromatic heterocycles. The molecule has 0 amide bonds. The van der Waals surface area contributed by atoms with Crippen LogP contribution in [0.2, 0.25) is 0 Å². The first-order chi connectivity index (χ1) is 7.83. The molecule has 1 aromatic rings. The second-order valence-corrected chi connectivity index (χ2v) is 4.37. The highest BCUT2D eigenvalue weighted by Crippen LogP contribution is 2.24. The van der Waals surface area contributed by atoms with Gasteiger partial charge in [0.05, 0.1) is 0 Å². The van der Waals surface area contributed by atoms with Crippen LogP contribution in [-0.2, 0) is 0 Å². The van der Waals surface area contributed by atoms with Crippen LogP contribution in [0.3, 0.4) is 0 Å². The summed E-state index contributed by atoms with van der Waals surface area (Å²) in [5, 5.41) is 3.05. The SMILES string of the molecule is CCC1CCCN(c2cc(NC)ncn2)C1.